The molecule has 236 valence electrons. The van der Waals surface area contributed by atoms with E-state index in [1.54, 1.807) is 36.4 Å². The number of anilines is 1. The van der Waals surface area contributed by atoms with Gasteiger partial charge in [0.05, 0.1) is 23.6 Å². The summed E-state index contributed by atoms with van der Waals surface area (Å²) in [6.45, 7) is 0.309. The van der Waals surface area contributed by atoms with Crippen molar-refractivity contribution in [3.8, 4) is 11.5 Å². The fraction of sp³-hybridized carbons (Fsp3) is 0.154. The zero-order valence-electron chi connectivity index (χ0n) is 25.5. The van der Waals surface area contributed by atoms with Crippen LogP contribution in [0.4, 0.5) is 5.69 Å². The van der Waals surface area contributed by atoms with Crippen LogP contribution in [-0.2, 0) is 11.3 Å². The molecule has 0 saturated carbocycles. The number of benzene rings is 5. The second kappa shape index (κ2) is 14.1. The first-order valence-electron chi connectivity index (χ1n) is 15.5. The zero-order valence-corrected chi connectivity index (χ0v) is 25.5. The highest BCUT2D eigenvalue weighted by Gasteiger charge is 2.48. The van der Waals surface area contributed by atoms with Crippen LogP contribution in [0.15, 0.2) is 133 Å². The van der Waals surface area contributed by atoms with Crippen molar-refractivity contribution >= 4 is 23.5 Å². The second-order valence-corrected chi connectivity index (χ2v) is 11.5. The van der Waals surface area contributed by atoms with Crippen LogP contribution in [-0.4, -0.2) is 28.0 Å². The van der Waals surface area contributed by atoms with E-state index in [4.69, 9.17) is 9.84 Å². The summed E-state index contributed by atoms with van der Waals surface area (Å²) in [5, 5.41) is 22.7. The molecule has 1 aliphatic rings. The van der Waals surface area contributed by atoms with Crippen LogP contribution in [0.5, 0.6) is 11.5 Å². The molecule has 0 aromatic heterocycles. The van der Waals surface area contributed by atoms with Crippen molar-refractivity contribution in [2.75, 3.05) is 4.90 Å². The van der Waals surface area contributed by atoms with Gasteiger partial charge in [-0.3, -0.25) is 9.59 Å². The number of hydrogen-bond acceptors (Lipinski definition) is 5. The van der Waals surface area contributed by atoms with Crippen molar-refractivity contribution in [3.05, 3.63) is 161 Å². The molecule has 47 heavy (non-hydrogen) atoms. The lowest BCUT2D eigenvalue weighted by molar-refractivity contribution is -0.131. The van der Waals surface area contributed by atoms with E-state index in [-0.39, 0.29) is 29.3 Å². The van der Waals surface area contributed by atoms with E-state index < -0.39 is 12.1 Å². The Bertz CT molecular complexity index is 1830. The van der Waals surface area contributed by atoms with Gasteiger partial charge < -0.3 is 25.2 Å². The molecule has 0 aliphatic carbocycles. The molecule has 5 aromatic rings. The number of ether oxygens (including phenoxy) is 1. The van der Waals surface area contributed by atoms with Crippen molar-refractivity contribution in [1.29, 1.82) is 0 Å². The number of carbonyl (C=O) groups excluding carboxylic acids is 2. The number of aliphatic hydroxyl groups is 1. The van der Waals surface area contributed by atoms with Gasteiger partial charge in [-0.05, 0) is 90.2 Å². The fourth-order valence-electron chi connectivity index (χ4n) is 5.86. The highest BCUT2D eigenvalue weighted by atomic mass is 16.5. The van der Waals surface area contributed by atoms with Crippen molar-refractivity contribution in [2.45, 2.75) is 31.5 Å². The molecule has 8 heteroatoms. The minimum absolute atomic E-state index is 0.0323. The number of carboxylic acid groups (broad SMARTS) is 1. The Kier molecular flexibility index (Phi) is 9.41. The van der Waals surface area contributed by atoms with E-state index in [1.165, 1.54) is 12.1 Å². The Balaban J connectivity index is 1.05. The molecule has 1 aliphatic heterocycles. The van der Waals surface area contributed by atoms with E-state index in [1.807, 2.05) is 89.8 Å². The third kappa shape index (κ3) is 7.24. The van der Waals surface area contributed by atoms with E-state index >= 15 is 0 Å². The molecule has 3 N–H and O–H groups in total. The first-order chi connectivity index (χ1) is 22.9. The van der Waals surface area contributed by atoms with Gasteiger partial charge in [-0.15, -0.1) is 0 Å². The molecule has 1 heterocycles. The molecular formula is C39H34N2O6. The number of nitrogens with one attached hydrogen (secondary N) is 1. The van der Waals surface area contributed by atoms with E-state index in [2.05, 4.69) is 5.32 Å². The number of amides is 2. The highest BCUT2D eigenvalue weighted by molar-refractivity contribution is 6.03. The van der Waals surface area contributed by atoms with Gasteiger partial charge in [-0.2, -0.15) is 0 Å². The summed E-state index contributed by atoms with van der Waals surface area (Å²) in [7, 11) is 0. The maximum atomic E-state index is 13.5. The summed E-state index contributed by atoms with van der Waals surface area (Å²) in [5.41, 5.74) is 4.21. The van der Waals surface area contributed by atoms with Crippen LogP contribution in [0.3, 0.4) is 0 Å². The number of rotatable bonds is 12. The fourth-order valence-corrected chi connectivity index (χ4v) is 5.86. The summed E-state index contributed by atoms with van der Waals surface area (Å²) in [4.78, 5) is 39.1. The molecule has 3 unspecified atom stereocenters. The average Bonchev–Trinajstić information content (AvgIpc) is 3.11. The van der Waals surface area contributed by atoms with Gasteiger partial charge in [0.15, 0.2) is 0 Å². The maximum Gasteiger partial charge on any atom is 0.335 e. The van der Waals surface area contributed by atoms with Crippen LogP contribution >= 0.6 is 0 Å². The molecule has 2 amide bonds. The van der Waals surface area contributed by atoms with Gasteiger partial charge in [0, 0.05) is 17.8 Å². The SMILES string of the molecule is O=C(O)c1ccc(Oc2ccc(C(=O)NCc3ccc(N4C(=O)C(CCC(O)c5ccccc5)C4c4ccccc4)cc3)cc2)cc1. The number of carbonyl (C=O) groups is 3. The quantitative estimate of drug-likeness (QED) is 0.125. The maximum absolute atomic E-state index is 13.5. The van der Waals surface area contributed by atoms with Crippen molar-refractivity contribution < 1.29 is 29.3 Å². The first-order valence-corrected chi connectivity index (χ1v) is 15.5. The minimum Gasteiger partial charge on any atom is -0.478 e. The largest absolute Gasteiger partial charge is 0.478 e. The molecule has 1 fully saturated rings. The molecule has 0 spiro atoms. The highest BCUT2D eigenvalue weighted by Crippen LogP contribution is 2.46. The topological polar surface area (TPSA) is 116 Å². The first kappa shape index (κ1) is 31.3. The van der Waals surface area contributed by atoms with Crippen molar-refractivity contribution in [2.24, 2.45) is 5.92 Å². The van der Waals surface area contributed by atoms with Gasteiger partial charge in [0.1, 0.15) is 11.5 Å². The predicted molar refractivity (Wildman–Crippen MR) is 178 cm³/mol. The van der Waals surface area contributed by atoms with Crippen molar-refractivity contribution in [3.63, 3.8) is 0 Å². The Hall–Kier alpha value is -5.73. The molecular weight excluding hydrogens is 592 g/mol. The number of carboxylic acids is 1. The Morgan fingerprint density at radius 1 is 0.745 bits per heavy atom. The molecule has 8 nitrogen and oxygen atoms in total. The predicted octanol–water partition coefficient (Wildman–Crippen LogP) is 7.33. The molecule has 1 saturated heterocycles. The van der Waals surface area contributed by atoms with Crippen LogP contribution in [0.25, 0.3) is 0 Å². The zero-order chi connectivity index (χ0) is 32.8. The van der Waals surface area contributed by atoms with E-state index in [9.17, 15) is 19.5 Å². The summed E-state index contributed by atoms with van der Waals surface area (Å²) >= 11 is 0. The van der Waals surface area contributed by atoms with E-state index in [0.29, 0.717) is 36.4 Å². The standard InChI is InChI=1S/C39H34N2O6/c42-35(27-7-3-1-4-8-27)24-23-34-36(28-9-5-2-6-10-28)41(38(34)44)31-17-11-26(12-18-31)25-40-37(43)29-13-19-32(20-14-29)47-33-21-15-30(16-22-33)39(45)46/h1-22,34-36,42H,23-25H2,(H,40,43)(H,45,46). The summed E-state index contributed by atoms with van der Waals surface area (Å²) < 4.78 is 5.75. The number of hydrogen-bond donors (Lipinski definition) is 3. The lowest BCUT2D eigenvalue weighted by Gasteiger charge is -2.48. The van der Waals surface area contributed by atoms with Crippen molar-refractivity contribution in [1.82, 2.24) is 5.32 Å². The van der Waals surface area contributed by atoms with Gasteiger partial charge in [-0.25, -0.2) is 4.79 Å². The summed E-state index contributed by atoms with van der Waals surface area (Å²) in [6.07, 6.45) is 0.441. The summed E-state index contributed by atoms with van der Waals surface area (Å²) in [6, 6.07) is 39.7. The number of β-lactam (4-membered cyclic amide) rings is 1. The molecule has 0 radical (unpaired) electrons. The van der Waals surface area contributed by atoms with Crippen LogP contribution in [0.2, 0.25) is 0 Å². The van der Waals surface area contributed by atoms with Crippen LogP contribution in [0, 0.1) is 5.92 Å². The summed E-state index contributed by atoms with van der Waals surface area (Å²) in [5.74, 6) is -0.443. The number of aliphatic hydroxyl groups excluding tert-OH is 1. The normalized spacial score (nSPS) is 16.2. The Morgan fingerprint density at radius 3 is 1.91 bits per heavy atom. The Labute approximate surface area is 272 Å². The monoisotopic (exact) mass is 626 g/mol. The van der Waals surface area contributed by atoms with Gasteiger partial charge in [-0.1, -0.05) is 72.8 Å². The molecule has 5 aromatic carbocycles. The third-order valence-corrected chi connectivity index (χ3v) is 8.41. The molecule has 0 bridgehead atoms. The smallest absolute Gasteiger partial charge is 0.335 e. The second-order valence-electron chi connectivity index (χ2n) is 11.5. The lowest BCUT2D eigenvalue weighted by Crippen LogP contribution is -2.55. The van der Waals surface area contributed by atoms with Gasteiger partial charge in [0.2, 0.25) is 5.91 Å². The van der Waals surface area contributed by atoms with Crippen LogP contribution < -0.4 is 15.0 Å². The van der Waals surface area contributed by atoms with Gasteiger partial charge >= 0.3 is 5.97 Å². The minimum atomic E-state index is -1.01. The molecule has 6 rings (SSSR count). The number of nitrogens with zero attached hydrogens (tertiary/aromatic N) is 1. The average molecular weight is 627 g/mol. The molecule has 3 atom stereocenters. The number of aromatic carboxylic acids is 1. The lowest BCUT2D eigenvalue weighted by atomic mass is 9.78. The third-order valence-electron chi connectivity index (χ3n) is 8.41. The van der Waals surface area contributed by atoms with Crippen LogP contribution in [0.1, 0.15) is 62.4 Å². The van der Waals surface area contributed by atoms with E-state index in [0.717, 1.165) is 22.4 Å². The van der Waals surface area contributed by atoms with Gasteiger partial charge in [0.25, 0.3) is 5.91 Å². The Morgan fingerprint density at radius 2 is 1.32 bits per heavy atom.